The first-order valence-electron chi connectivity index (χ1n) is 4.18. The van der Waals surface area contributed by atoms with Gasteiger partial charge in [-0.2, -0.15) is 12.6 Å². The predicted octanol–water partition coefficient (Wildman–Crippen LogP) is 0.439. The third kappa shape index (κ3) is 4.62. The van der Waals surface area contributed by atoms with Crippen molar-refractivity contribution in [1.29, 1.82) is 0 Å². The summed E-state index contributed by atoms with van der Waals surface area (Å²) in [5, 5.41) is 11.5. The highest BCUT2D eigenvalue weighted by Gasteiger charge is 2.13. The maximum absolute atomic E-state index is 11.2. The summed E-state index contributed by atoms with van der Waals surface area (Å²) >= 11 is 4.06. The summed E-state index contributed by atoms with van der Waals surface area (Å²) in [6.45, 7) is 3.91. The van der Waals surface area contributed by atoms with Crippen LogP contribution in [-0.4, -0.2) is 29.4 Å². The Morgan fingerprint density at radius 2 is 2.25 bits per heavy atom. The molecular weight excluding hydrogens is 174 g/mol. The normalized spacial score (nSPS) is 15.3. The van der Waals surface area contributed by atoms with E-state index in [9.17, 15) is 4.79 Å². The summed E-state index contributed by atoms with van der Waals surface area (Å²) in [4.78, 5) is 11.2. The lowest BCUT2D eigenvalue weighted by atomic mass is 10.1. The lowest BCUT2D eigenvalue weighted by molar-refractivity contribution is -0.124. The Kier molecular flexibility index (Phi) is 6.20. The van der Waals surface area contributed by atoms with Crippen LogP contribution in [0, 0.1) is 5.92 Å². The number of carbonyl (C=O) groups excluding carboxylic acids is 1. The fourth-order valence-corrected chi connectivity index (χ4v) is 1.21. The molecule has 0 radical (unpaired) electrons. The van der Waals surface area contributed by atoms with E-state index in [-0.39, 0.29) is 11.8 Å². The molecule has 0 aromatic heterocycles. The largest absolute Gasteiger partial charge is 0.392 e. The smallest absolute Gasteiger partial charge is 0.224 e. The summed E-state index contributed by atoms with van der Waals surface area (Å²) in [6.07, 6.45) is 0.307. The molecule has 0 aromatic rings. The number of aliphatic hydroxyl groups is 1. The topological polar surface area (TPSA) is 49.3 Å². The van der Waals surface area contributed by atoms with Crippen LogP contribution in [0.3, 0.4) is 0 Å². The molecule has 0 aliphatic carbocycles. The number of carbonyl (C=O) groups is 1. The molecule has 2 unspecified atom stereocenters. The summed E-state index contributed by atoms with van der Waals surface area (Å²) in [6, 6.07) is 0. The minimum absolute atomic E-state index is 0.0200. The molecule has 2 N–H and O–H groups in total. The van der Waals surface area contributed by atoms with Crippen LogP contribution in [0.25, 0.3) is 0 Å². The maximum Gasteiger partial charge on any atom is 0.224 e. The van der Waals surface area contributed by atoms with Crippen LogP contribution in [-0.2, 0) is 4.79 Å². The summed E-state index contributed by atoms with van der Waals surface area (Å²) in [7, 11) is 0. The zero-order valence-electron chi connectivity index (χ0n) is 7.58. The van der Waals surface area contributed by atoms with Crippen LogP contribution in [0.15, 0.2) is 0 Å². The van der Waals surface area contributed by atoms with Crippen LogP contribution in [0.5, 0.6) is 0 Å². The molecule has 0 spiro atoms. The average Bonchev–Trinajstić information content (AvgIpc) is 2.03. The zero-order valence-corrected chi connectivity index (χ0v) is 8.47. The highest BCUT2D eigenvalue weighted by Crippen LogP contribution is 2.03. The molecule has 0 bridgehead atoms. The number of aliphatic hydroxyl groups excluding tert-OH is 1. The first-order chi connectivity index (χ1) is 5.61. The van der Waals surface area contributed by atoms with Crippen molar-refractivity contribution in [2.45, 2.75) is 26.4 Å². The molecule has 0 aromatic carbocycles. The molecule has 4 heteroatoms. The molecule has 0 heterocycles. The van der Waals surface area contributed by atoms with E-state index in [1.165, 1.54) is 0 Å². The fraction of sp³-hybridized carbons (Fsp3) is 0.875. The van der Waals surface area contributed by atoms with Crippen molar-refractivity contribution in [3.05, 3.63) is 0 Å². The van der Waals surface area contributed by atoms with Crippen LogP contribution < -0.4 is 5.32 Å². The number of thiol groups is 1. The molecule has 2 atom stereocenters. The van der Waals surface area contributed by atoms with Gasteiger partial charge in [0.25, 0.3) is 0 Å². The Hall–Kier alpha value is -0.220. The lowest BCUT2D eigenvalue weighted by Gasteiger charge is -2.13. The number of nitrogens with one attached hydrogen (secondary N) is 1. The van der Waals surface area contributed by atoms with Crippen molar-refractivity contribution in [2.75, 3.05) is 12.3 Å². The van der Waals surface area contributed by atoms with E-state index in [2.05, 4.69) is 17.9 Å². The van der Waals surface area contributed by atoms with Gasteiger partial charge in [0, 0.05) is 18.2 Å². The molecule has 0 fully saturated rings. The zero-order chi connectivity index (χ0) is 9.56. The number of hydrogen-bond donors (Lipinski definition) is 3. The monoisotopic (exact) mass is 191 g/mol. The van der Waals surface area contributed by atoms with Gasteiger partial charge in [0.1, 0.15) is 0 Å². The van der Waals surface area contributed by atoms with Crippen molar-refractivity contribution < 1.29 is 9.90 Å². The average molecular weight is 191 g/mol. The lowest BCUT2D eigenvalue weighted by Crippen LogP contribution is -2.35. The minimum atomic E-state index is -0.480. The van der Waals surface area contributed by atoms with Gasteiger partial charge in [0.15, 0.2) is 0 Å². The van der Waals surface area contributed by atoms with Gasteiger partial charge < -0.3 is 10.4 Å². The van der Waals surface area contributed by atoms with E-state index in [0.717, 1.165) is 6.42 Å². The third-order valence-electron chi connectivity index (χ3n) is 1.66. The van der Waals surface area contributed by atoms with Gasteiger partial charge in [-0.1, -0.05) is 6.92 Å². The molecule has 0 saturated heterocycles. The summed E-state index contributed by atoms with van der Waals surface area (Å²) < 4.78 is 0. The first kappa shape index (κ1) is 11.8. The molecule has 3 nitrogen and oxygen atoms in total. The standard InChI is InChI=1S/C8H17NO2S/c1-3-7(5-12)8(11)9-4-6(2)10/h6-7,10,12H,3-5H2,1-2H3,(H,9,11). The number of amides is 1. The predicted molar refractivity (Wildman–Crippen MR) is 52.3 cm³/mol. The van der Waals surface area contributed by atoms with E-state index in [4.69, 9.17) is 5.11 Å². The quantitative estimate of drug-likeness (QED) is 0.552. The van der Waals surface area contributed by atoms with Crippen molar-refractivity contribution in [3.8, 4) is 0 Å². The second kappa shape index (κ2) is 6.31. The maximum atomic E-state index is 11.2. The highest BCUT2D eigenvalue weighted by molar-refractivity contribution is 7.80. The van der Waals surface area contributed by atoms with Gasteiger partial charge in [0.05, 0.1) is 6.10 Å². The van der Waals surface area contributed by atoms with E-state index in [1.807, 2.05) is 6.92 Å². The molecule has 0 aliphatic heterocycles. The number of hydrogen-bond acceptors (Lipinski definition) is 3. The Balaban J connectivity index is 3.69. The van der Waals surface area contributed by atoms with Gasteiger partial charge >= 0.3 is 0 Å². The summed E-state index contributed by atoms with van der Waals surface area (Å²) in [5.41, 5.74) is 0. The van der Waals surface area contributed by atoms with E-state index < -0.39 is 6.10 Å². The molecule has 0 aliphatic rings. The Morgan fingerprint density at radius 1 is 1.67 bits per heavy atom. The summed E-state index contributed by atoms with van der Waals surface area (Å²) in [5.74, 6) is 0.503. The Morgan fingerprint density at radius 3 is 2.58 bits per heavy atom. The minimum Gasteiger partial charge on any atom is -0.392 e. The van der Waals surface area contributed by atoms with Gasteiger partial charge in [-0.25, -0.2) is 0 Å². The van der Waals surface area contributed by atoms with Crippen LogP contribution in [0.4, 0.5) is 0 Å². The molecule has 0 rings (SSSR count). The van der Waals surface area contributed by atoms with Crippen molar-refractivity contribution in [3.63, 3.8) is 0 Å². The van der Waals surface area contributed by atoms with E-state index in [1.54, 1.807) is 6.92 Å². The van der Waals surface area contributed by atoms with E-state index in [0.29, 0.717) is 12.3 Å². The molecule has 0 saturated carbocycles. The molecule has 72 valence electrons. The second-order valence-electron chi connectivity index (χ2n) is 2.88. The van der Waals surface area contributed by atoms with Crippen molar-refractivity contribution in [1.82, 2.24) is 5.32 Å². The fourth-order valence-electron chi connectivity index (χ4n) is 0.790. The van der Waals surface area contributed by atoms with Gasteiger partial charge in [0.2, 0.25) is 5.91 Å². The van der Waals surface area contributed by atoms with Gasteiger partial charge in [-0.3, -0.25) is 4.79 Å². The SMILES string of the molecule is CCC(CS)C(=O)NCC(C)O. The van der Waals surface area contributed by atoms with Gasteiger partial charge in [-0.15, -0.1) is 0 Å². The van der Waals surface area contributed by atoms with Crippen LogP contribution >= 0.6 is 12.6 Å². The third-order valence-corrected chi connectivity index (χ3v) is 2.10. The van der Waals surface area contributed by atoms with E-state index >= 15 is 0 Å². The first-order valence-corrected chi connectivity index (χ1v) is 4.81. The second-order valence-corrected chi connectivity index (χ2v) is 3.25. The Labute approximate surface area is 79.0 Å². The molecule has 1 amide bonds. The highest BCUT2D eigenvalue weighted by atomic mass is 32.1. The van der Waals surface area contributed by atoms with Crippen molar-refractivity contribution >= 4 is 18.5 Å². The molecular formula is C8H17NO2S. The van der Waals surface area contributed by atoms with Crippen LogP contribution in [0.2, 0.25) is 0 Å². The van der Waals surface area contributed by atoms with Crippen molar-refractivity contribution in [2.24, 2.45) is 5.92 Å². The Bertz CT molecular complexity index is 135. The number of rotatable bonds is 5. The van der Waals surface area contributed by atoms with Gasteiger partial charge in [-0.05, 0) is 13.3 Å². The van der Waals surface area contributed by atoms with Crippen LogP contribution in [0.1, 0.15) is 20.3 Å². The molecule has 12 heavy (non-hydrogen) atoms.